The second-order valence-electron chi connectivity index (χ2n) is 5.11. The van der Waals surface area contributed by atoms with Crippen molar-refractivity contribution in [3.63, 3.8) is 0 Å². The Bertz CT molecular complexity index is 527. The van der Waals surface area contributed by atoms with Crippen LogP contribution in [0.3, 0.4) is 0 Å². The van der Waals surface area contributed by atoms with E-state index < -0.39 is 18.1 Å². The van der Waals surface area contributed by atoms with Gasteiger partial charge in [-0.1, -0.05) is 29.8 Å². The van der Waals surface area contributed by atoms with Crippen LogP contribution in [0.1, 0.15) is 11.6 Å². The van der Waals surface area contributed by atoms with Gasteiger partial charge in [0, 0.05) is 24.7 Å². The van der Waals surface area contributed by atoms with E-state index in [1.165, 1.54) is 30.3 Å². The van der Waals surface area contributed by atoms with Gasteiger partial charge in [0.15, 0.2) is 6.04 Å². The summed E-state index contributed by atoms with van der Waals surface area (Å²) in [5.74, 6) is -0.709. The van der Waals surface area contributed by atoms with Gasteiger partial charge in [0.2, 0.25) is 5.91 Å². The predicted molar refractivity (Wildman–Crippen MR) is 80.7 cm³/mol. The molecule has 1 amide bonds. The zero-order chi connectivity index (χ0) is 16.9. The maximum atomic E-state index is 13.3. The Labute approximate surface area is 133 Å². The normalized spacial score (nSPS) is 13.6. The first kappa shape index (κ1) is 18.5. The first-order chi connectivity index (χ1) is 10.1. The Kier molecular flexibility index (Phi) is 6.44. The summed E-state index contributed by atoms with van der Waals surface area (Å²) in [7, 11) is 4.73. The summed E-state index contributed by atoms with van der Waals surface area (Å²) in [5.41, 5.74) is -0.0336. The molecule has 0 bridgehead atoms. The number of amides is 1. The van der Waals surface area contributed by atoms with Crippen LogP contribution in [-0.4, -0.2) is 49.6 Å². The molecule has 1 aromatic rings. The lowest BCUT2D eigenvalue weighted by Gasteiger charge is -2.29. The Hall–Kier alpha value is -1.53. The first-order valence-corrected chi connectivity index (χ1v) is 6.91. The van der Waals surface area contributed by atoms with Gasteiger partial charge in [0.25, 0.3) is 0 Å². The number of hydrogen-bond acceptors (Lipinski definition) is 2. The van der Waals surface area contributed by atoms with E-state index in [1.807, 2.05) is 0 Å². The van der Waals surface area contributed by atoms with E-state index in [2.05, 4.69) is 0 Å². The standard InChI is InChI=1S/C15H18ClF3N2O/c1-20(2)10-4-5-13(22)21(3)14(15(17,18)19)11-6-8-12(16)9-7-11/h4-9,14H,10H2,1-3H3/b5-4+. The van der Waals surface area contributed by atoms with Gasteiger partial charge >= 0.3 is 6.18 Å². The van der Waals surface area contributed by atoms with Crippen molar-refractivity contribution in [3.05, 3.63) is 47.0 Å². The van der Waals surface area contributed by atoms with Crippen LogP contribution in [-0.2, 0) is 4.79 Å². The maximum Gasteiger partial charge on any atom is 0.413 e. The van der Waals surface area contributed by atoms with Gasteiger partial charge in [-0.15, -0.1) is 0 Å². The SMILES string of the molecule is CN(C)C/C=C/C(=O)N(C)C(c1ccc(Cl)cc1)C(F)(F)F. The van der Waals surface area contributed by atoms with Gasteiger partial charge in [0.05, 0.1) is 0 Å². The average molecular weight is 335 g/mol. The third-order valence-corrected chi connectivity index (χ3v) is 3.21. The molecule has 0 N–H and O–H groups in total. The lowest BCUT2D eigenvalue weighted by molar-refractivity contribution is -0.186. The van der Waals surface area contributed by atoms with Crippen LogP contribution >= 0.6 is 11.6 Å². The fraction of sp³-hybridized carbons (Fsp3) is 0.400. The molecule has 0 aliphatic rings. The molecule has 1 unspecified atom stereocenters. The number of benzene rings is 1. The highest BCUT2D eigenvalue weighted by Gasteiger charge is 2.44. The number of rotatable bonds is 5. The highest BCUT2D eigenvalue weighted by atomic mass is 35.5. The van der Waals surface area contributed by atoms with E-state index in [9.17, 15) is 18.0 Å². The lowest BCUT2D eigenvalue weighted by Crippen LogP contribution is -2.39. The van der Waals surface area contributed by atoms with Gasteiger partial charge in [-0.25, -0.2) is 0 Å². The highest BCUT2D eigenvalue weighted by Crippen LogP contribution is 2.37. The molecule has 0 saturated heterocycles. The fourth-order valence-electron chi connectivity index (χ4n) is 1.89. The van der Waals surface area contributed by atoms with Crippen molar-refractivity contribution in [1.82, 2.24) is 9.80 Å². The van der Waals surface area contributed by atoms with Gasteiger partial charge in [-0.2, -0.15) is 13.2 Å². The Morgan fingerprint density at radius 2 is 1.77 bits per heavy atom. The Morgan fingerprint density at radius 3 is 2.23 bits per heavy atom. The summed E-state index contributed by atoms with van der Waals surface area (Å²) in [6.07, 6.45) is -1.91. The lowest BCUT2D eigenvalue weighted by atomic mass is 10.1. The van der Waals surface area contributed by atoms with Crippen molar-refractivity contribution in [1.29, 1.82) is 0 Å². The molecule has 0 saturated carbocycles. The number of halogens is 4. The smallest absolute Gasteiger partial charge is 0.326 e. The van der Waals surface area contributed by atoms with Crippen LogP contribution in [0, 0.1) is 0 Å². The largest absolute Gasteiger partial charge is 0.413 e. The van der Waals surface area contributed by atoms with Crippen molar-refractivity contribution >= 4 is 17.5 Å². The molecule has 0 aliphatic carbocycles. The minimum atomic E-state index is -4.58. The number of alkyl halides is 3. The second-order valence-corrected chi connectivity index (χ2v) is 5.55. The molecule has 1 atom stereocenters. The summed E-state index contributed by atoms with van der Waals surface area (Å²) in [6, 6.07) is 3.27. The molecule has 22 heavy (non-hydrogen) atoms. The molecule has 0 fully saturated rings. The molecular formula is C15H18ClF3N2O. The molecule has 0 aromatic heterocycles. The van der Waals surface area contributed by atoms with Crippen molar-refractivity contribution in [3.8, 4) is 0 Å². The molecule has 3 nitrogen and oxygen atoms in total. The van der Waals surface area contributed by atoms with Gasteiger partial charge in [-0.3, -0.25) is 4.79 Å². The summed E-state index contributed by atoms with van der Waals surface area (Å²) in [6.45, 7) is 0.469. The molecular weight excluding hydrogens is 317 g/mol. The van der Waals surface area contributed by atoms with Crippen molar-refractivity contribution in [2.24, 2.45) is 0 Å². The minimum Gasteiger partial charge on any atom is -0.326 e. The summed E-state index contributed by atoms with van der Waals surface area (Å²) >= 11 is 5.69. The van der Waals surface area contributed by atoms with E-state index in [0.29, 0.717) is 16.5 Å². The van der Waals surface area contributed by atoms with E-state index in [4.69, 9.17) is 11.6 Å². The van der Waals surface area contributed by atoms with Crippen molar-refractivity contribution < 1.29 is 18.0 Å². The molecule has 0 heterocycles. The third kappa shape index (κ3) is 5.35. The van der Waals surface area contributed by atoms with Crippen LogP contribution in [0.15, 0.2) is 36.4 Å². The third-order valence-electron chi connectivity index (χ3n) is 2.96. The maximum absolute atomic E-state index is 13.3. The summed E-state index contributed by atoms with van der Waals surface area (Å²) < 4.78 is 39.9. The zero-order valence-corrected chi connectivity index (χ0v) is 13.3. The number of hydrogen-bond donors (Lipinski definition) is 0. The van der Waals surface area contributed by atoms with Crippen molar-refractivity contribution in [2.75, 3.05) is 27.7 Å². The zero-order valence-electron chi connectivity index (χ0n) is 12.6. The van der Waals surface area contributed by atoms with Crippen LogP contribution in [0.4, 0.5) is 13.2 Å². The van der Waals surface area contributed by atoms with Gasteiger partial charge in [-0.05, 0) is 31.8 Å². The molecule has 0 radical (unpaired) electrons. The quantitative estimate of drug-likeness (QED) is 0.769. The predicted octanol–water partition coefficient (Wildman–Crippen LogP) is 3.52. The van der Waals surface area contributed by atoms with Crippen LogP contribution in [0.25, 0.3) is 0 Å². The summed E-state index contributed by atoms with van der Waals surface area (Å²) in [5, 5.41) is 0.338. The van der Waals surface area contributed by atoms with E-state index >= 15 is 0 Å². The Morgan fingerprint density at radius 1 is 1.23 bits per heavy atom. The molecule has 122 valence electrons. The highest BCUT2D eigenvalue weighted by molar-refractivity contribution is 6.30. The fourth-order valence-corrected chi connectivity index (χ4v) is 2.01. The average Bonchev–Trinajstić information content (AvgIpc) is 2.39. The van der Waals surface area contributed by atoms with Gasteiger partial charge in [0.1, 0.15) is 0 Å². The monoisotopic (exact) mass is 334 g/mol. The van der Waals surface area contributed by atoms with E-state index in [1.54, 1.807) is 19.0 Å². The molecule has 1 rings (SSSR count). The van der Waals surface area contributed by atoms with E-state index in [0.717, 1.165) is 13.1 Å². The minimum absolute atomic E-state index is 0.0336. The van der Waals surface area contributed by atoms with Crippen LogP contribution in [0.2, 0.25) is 5.02 Å². The molecule has 0 aliphatic heterocycles. The molecule has 7 heteroatoms. The number of carbonyl (C=O) groups excluding carboxylic acids is 1. The van der Waals surface area contributed by atoms with Gasteiger partial charge < -0.3 is 9.80 Å². The van der Waals surface area contributed by atoms with Crippen LogP contribution in [0.5, 0.6) is 0 Å². The van der Waals surface area contributed by atoms with Crippen LogP contribution < -0.4 is 0 Å². The number of nitrogens with zero attached hydrogens (tertiary/aromatic N) is 2. The topological polar surface area (TPSA) is 23.6 Å². The number of likely N-dealkylation sites (N-methyl/N-ethyl adjacent to an activating group) is 2. The second kappa shape index (κ2) is 7.65. The molecule has 0 spiro atoms. The number of carbonyl (C=O) groups is 1. The summed E-state index contributed by atoms with van der Waals surface area (Å²) in [4.78, 5) is 14.4. The first-order valence-electron chi connectivity index (χ1n) is 6.53. The molecule has 1 aromatic carbocycles. The Balaban J connectivity index is 3.00. The van der Waals surface area contributed by atoms with E-state index in [-0.39, 0.29) is 5.56 Å². The van der Waals surface area contributed by atoms with Crippen molar-refractivity contribution in [2.45, 2.75) is 12.2 Å².